The number of nitrogens with one attached hydrogen (secondary N) is 1. The summed E-state index contributed by atoms with van der Waals surface area (Å²) in [4.78, 5) is 14.2. The molecule has 0 atom stereocenters. The molecule has 2 aliphatic rings. The quantitative estimate of drug-likeness (QED) is 0.729. The summed E-state index contributed by atoms with van der Waals surface area (Å²) in [5.74, 6) is 0.139. The largest absolute Gasteiger partial charge is 0.395 e. The minimum absolute atomic E-state index is 0.0530. The number of rotatable bonds is 7. The highest BCUT2D eigenvalue weighted by Gasteiger charge is 2.26. The Kier molecular flexibility index (Phi) is 6.76. The second-order valence-electron chi connectivity index (χ2n) is 5.82. The Balaban J connectivity index is 1.70. The Morgan fingerprint density at radius 1 is 1.20 bits per heavy atom. The molecule has 1 saturated heterocycles. The first kappa shape index (κ1) is 15.7. The Morgan fingerprint density at radius 3 is 2.55 bits per heavy atom. The van der Waals surface area contributed by atoms with Gasteiger partial charge in [0, 0.05) is 12.6 Å². The van der Waals surface area contributed by atoms with Crippen molar-refractivity contribution in [3.63, 3.8) is 0 Å². The van der Waals surface area contributed by atoms with E-state index < -0.39 is 0 Å². The first-order chi connectivity index (χ1) is 9.81. The van der Waals surface area contributed by atoms with Crippen LogP contribution in [0.1, 0.15) is 44.9 Å². The van der Waals surface area contributed by atoms with Crippen LogP contribution in [0.2, 0.25) is 0 Å². The standard InChI is InChI=1S/C15H28N2O3/c18-11-10-17(13-3-1-2-4-13)15(19)7-12-20-14-5-8-16-9-6-14/h13-14,16,18H,1-12H2. The third-order valence-electron chi connectivity index (χ3n) is 4.38. The van der Waals surface area contributed by atoms with E-state index in [-0.39, 0.29) is 12.5 Å². The molecule has 0 aromatic heterocycles. The molecule has 1 amide bonds. The minimum atomic E-state index is 0.0530. The molecule has 1 saturated carbocycles. The molecule has 2 N–H and O–H groups in total. The van der Waals surface area contributed by atoms with Gasteiger partial charge in [-0.2, -0.15) is 0 Å². The summed E-state index contributed by atoms with van der Waals surface area (Å²) in [6.07, 6.45) is 7.40. The van der Waals surface area contributed by atoms with Gasteiger partial charge >= 0.3 is 0 Å². The zero-order valence-electron chi connectivity index (χ0n) is 12.4. The van der Waals surface area contributed by atoms with Crippen molar-refractivity contribution >= 4 is 5.91 Å². The molecule has 0 spiro atoms. The van der Waals surface area contributed by atoms with Crippen LogP contribution in [0.15, 0.2) is 0 Å². The Labute approximate surface area is 121 Å². The van der Waals surface area contributed by atoms with E-state index in [9.17, 15) is 4.79 Å². The zero-order chi connectivity index (χ0) is 14.2. The number of hydrogen-bond acceptors (Lipinski definition) is 4. The van der Waals surface area contributed by atoms with Crippen LogP contribution in [0.25, 0.3) is 0 Å². The maximum atomic E-state index is 12.3. The maximum Gasteiger partial charge on any atom is 0.225 e. The lowest BCUT2D eigenvalue weighted by Gasteiger charge is -2.29. The van der Waals surface area contributed by atoms with Crippen molar-refractivity contribution in [3.05, 3.63) is 0 Å². The highest BCUT2D eigenvalue weighted by molar-refractivity contribution is 5.76. The van der Waals surface area contributed by atoms with E-state index in [2.05, 4.69) is 5.32 Å². The summed E-state index contributed by atoms with van der Waals surface area (Å²) in [5.41, 5.74) is 0. The lowest BCUT2D eigenvalue weighted by molar-refractivity contribution is -0.135. The summed E-state index contributed by atoms with van der Waals surface area (Å²) in [6, 6.07) is 0.341. The van der Waals surface area contributed by atoms with Crippen molar-refractivity contribution in [1.29, 1.82) is 0 Å². The average molecular weight is 284 g/mol. The lowest BCUT2D eigenvalue weighted by atomic mass is 10.1. The molecular weight excluding hydrogens is 256 g/mol. The van der Waals surface area contributed by atoms with Crippen molar-refractivity contribution in [3.8, 4) is 0 Å². The Morgan fingerprint density at radius 2 is 1.90 bits per heavy atom. The van der Waals surface area contributed by atoms with Gasteiger partial charge in [-0.15, -0.1) is 0 Å². The number of carbonyl (C=O) groups excluding carboxylic acids is 1. The summed E-state index contributed by atoms with van der Waals surface area (Å²) in [7, 11) is 0. The number of hydrogen-bond donors (Lipinski definition) is 2. The molecule has 5 nitrogen and oxygen atoms in total. The molecule has 20 heavy (non-hydrogen) atoms. The third kappa shape index (κ3) is 4.72. The van der Waals surface area contributed by atoms with E-state index in [1.807, 2.05) is 4.90 Å². The zero-order valence-corrected chi connectivity index (χ0v) is 12.4. The molecule has 0 radical (unpaired) electrons. The van der Waals surface area contributed by atoms with Gasteiger partial charge in [-0.1, -0.05) is 12.8 Å². The van der Waals surface area contributed by atoms with E-state index in [0.717, 1.165) is 38.8 Å². The van der Waals surface area contributed by atoms with Crippen molar-refractivity contribution in [1.82, 2.24) is 10.2 Å². The maximum absolute atomic E-state index is 12.3. The van der Waals surface area contributed by atoms with Crippen LogP contribution in [-0.4, -0.2) is 60.9 Å². The van der Waals surface area contributed by atoms with Crippen LogP contribution in [0, 0.1) is 0 Å². The second kappa shape index (κ2) is 8.60. The van der Waals surface area contributed by atoms with Gasteiger partial charge in [0.25, 0.3) is 0 Å². The number of piperidine rings is 1. The van der Waals surface area contributed by atoms with Crippen LogP contribution in [-0.2, 0) is 9.53 Å². The van der Waals surface area contributed by atoms with Gasteiger partial charge in [-0.05, 0) is 38.8 Å². The van der Waals surface area contributed by atoms with Gasteiger partial charge < -0.3 is 20.1 Å². The smallest absolute Gasteiger partial charge is 0.225 e. The van der Waals surface area contributed by atoms with Gasteiger partial charge in [-0.25, -0.2) is 0 Å². The number of ether oxygens (including phenoxy) is 1. The summed E-state index contributed by atoms with van der Waals surface area (Å²) in [5, 5.41) is 12.4. The number of amides is 1. The van der Waals surface area contributed by atoms with Crippen LogP contribution in [0.5, 0.6) is 0 Å². The summed E-state index contributed by atoms with van der Waals surface area (Å²) >= 11 is 0. The molecule has 116 valence electrons. The predicted octanol–water partition coefficient (Wildman–Crippen LogP) is 0.909. The van der Waals surface area contributed by atoms with E-state index in [1.54, 1.807) is 0 Å². The fourth-order valence-corrected chi connectivity index (χ4v) is 3.25. The molecule has 0 unspecified atom stereocenters. The Hall–Kier alpha value is -0.650. The van der Waals surface area contributed by atoms with E-state index in [4.69, 9.17) is 9.84 Å². The number of nitrogens with zero attached hydrogens (tertiary/aromatic N) is 1. The topological polar surface area (TPSA) is 61.8 Å². The average Bonchev–Trinajstić information content (AvgIpc) is 2.99. The van der Waals surface area contributed by atoms with E-state index in [1.165, 1.54) is 12.8 Å². The molecule has 0 aromatic carbocycles. The van der Waals surface area contributed by atoms with Crippen molar-refractivity contribution in [2.45, 2.75) is 57.1 Å². The van der Waals surface area contributed by atoms with E-state index >= 15 is 0 Å². The van der Waals surface area contributed by atoms with Gasteiger partial charge in [0.15, 0.2) is 0 Å². The highest BCUT2D eigenvalue weighted by atomic mass is 16.5. The van der Waals surface area contributed by atoms with Gasteiger partial charge in [0.1, 0.15) is 0 Å². The molecule has 0 aromatic rings. The molecule has 0 bridgehead atoms. The second-order valence-corrected chi connectivity index (χ2v) is 5.82. The molecule has 1 aliphatic carbocycles. The first-order valence-corrected chi connectivity index (χ1v) is 8.04. The highest BCUT2D eigenvalue weighted by Crippen LogP contribution is 2.23. The van der Waals surface area contributed by atoms with Crippen molar-refractivity contribution in [2.75, 3.05) is 32.8 Å². The molecule has 2 fully saturated rings. The van der Waals surface area contributed by atoms with Crippen LogP contribution >= 0.6 is 0 Å². The van der Waals surface area contributed by atoms with E-state index in [0.29, 0.717) is 31.7 Å². The van der Waals surface area contributed by atoms with Crippen molar-refractivity contribution in [2.24, 2.45) is 0 Å². The molecule has 1 heterocycles. The minimum Gasteiger partial charge on any atom is -0.395 e. The Bertz CT molecular complexity index is 287. The first-order valence-electron chi connectivity index (χ1n) is 8.04. The third-order valence-corrected chi connectivity index (χ3v) is 4.38. The SMILES string of the molecule is O=C(CCOC1CCNCC1)N(CCO)C1CCCC1. The van der Waals surface area contributed by atoms with Crippen molar-refractivity contribution < 1.29 is 14.6 Å². The van der Waals surface area contributed by atoms with Gasteiger partial charge in [-0.3, -0.25) is 4.79 Å². The van der Waals surface area contributed by atoms with Crippen LogP contribution < -0.4 is 5.32 Å². The molecular formula is C15H28N2O3. The lowest BCUT2D eigenvalue weighted by Crippen LogP contribution is -2.41. The normalized spacial score (nSPS) is 21.2. The predicted molar refractivity (Wildman–Crippen MR) is 77.5 cm³/mol. The van der Waals surface area contributed by atoms with Crippen LogP contribution in [0.4, 0.5) is 0 Å². The monoisotopic (exact) mass is 284 g/mol. The molecule has 2 rings (SSSR count). The summed E-state index contributed by atoms with van der Waals surface area (Å²) < 4.78 is 5.79. The fraction of sp³-hybridized carbons (Fsp3) is 0.933. The van der Waals surface area contributed by atoms with Crippen LogP contribution in [0.3, 0.4) is 0 Å². The number of carbonyl (C=O) groups is 1. The van der Waals surface area contributed by atoms with Gasteiger partial charge in [0.05, 0.1) is 25.7 Å². The molecule has 5 heteroatoms. The number of aliphatic hydroxyl groups excluding tert-OH is 1. The fourth-order valence-electron chi connectivity index (χ4n) is 3.25. The molecule has 1 aliphatic heterocycles. The number of aliphatic hydroxyl groups is 1. The van der Waals surface area contributed by atoms with Gasteiger partial charge in [0.2, 0.25) is 5.91 Å². The summed E-state index contributed by atoms with van der Waals surface area (Å²) in [6.45, 7) is 3.06.